The van der Waals surface area contributed by atoms with Crippen LogP contribution in [0.2, 0.25) is 0 Å². The molecular formula is C30H27NO. The molecule has 2 N–H and O–H groups in total. The minimum atomic E-state index is -0.265. The first-order valence-electron chi connectivity index (χ1n) is 11.3. The van der Waals surface area contributed by atoms with Crippen molar-refractivity contribution in [3.05, 3.63) is 95.2 Å². The number of nitrogens with one attached hydrogen (secondary N) is 1. The van der Waals surface area contributed by atoms with Crippen molar-refractivity contribution in [3.63, 3.8) is 0 Å². The molecule has 158 valence electrons. The number of benzene rings is 2. The molecule has 0 fully saturated rings. The maximum atomic E-state index is 11.3. The van der Waals surface area contributed by atoms with E-state index >= 15 is 0 Å². The van der Waals surface area contributed by atoms with E-state index in [-0.39, 0.29) is 11.2 Å². The largest absolute Gasteiger partial charge is 0.507 e. The van der Waals surface area contributed by atoms with Crippen LogP contribution in [0.25, 0.3) is 39.3 Å². The van der Waals surface area contributed by atoms with E-state index in [0.29, 0.717) is 5.92 Å². The van der Waals surface area contributed by atoms with Crippen molar-refractivity contribution >= 4 is 28.1 Å². The van der Waals surface area contributed by atoms with E-state index in [9.17, 15) is 5.11 Å². The Labute approximate surface area is 189 Å². The van der Waals surface area contributed by atoms with Gasteiger partial charge in [-0.3, -0.25) is 0 Å². The summed E-state index contributed by atoms with van der Waals surface area (Å²) < 4.78 is 0. The second-order valence-electron chi connectivity index (χ2n) is 9.97. The third-order valence-electron chi connectivity index (χ3n) is 7.46. The van der Waals surface area contributed by atoms with Gasteiger partial charge in [0.2, 0.25) is 0 Å². The average Bonchev–Trinajstić information content (AvgIpc) is 3.21. The van der Waals surface area contributed by atoms with Crippen LogP contribution in [-0.2, 0) is 11.8 Å². The summed E-state index contributed by atoms with van der Waals surface area (Å²) in [5, 5.41) is 12.6. The molecule has 1 aromatic heterocycles. The maximum Gasteiger partial charge on any atom is 0.131 e. The van der Waals surface area contributed by atoms with Crippen LogP contribution in [0, 0.1) is 5.92 Å². The summed E-state index contributed by atoms with van der Waals surface area (Å²) in [5.41, 5.74) is 11.6. The fourth-order valence-corrected chi connectivity index (χ4v) is 5.81. The van der Waals surface area contributed by atoms with E-state index in [0.717, 1.165) is 34.3 Å². The smallest absolute Gasteiger partial charge is 0.131 e. The Bertz CT molecular complexity index is 1470. The van der Waals surface area contributed by atoms with Gasteiger partial charge in [0.15, 0.2) is 0 Å². The molecule has 6 rings (SSSR count). The van der Waals surface area contributed by atoms with Crippen LogP contribution in [-0.4, -0.2) is 10.1 Å². The number of aromatic nitrogens is 1. The van der Waals surface area contributed by atoms with Gasteiger partial charge < -0.3 is 10.1 Å². The standard InChI is InChI=1S/C30H27NO/c1-16-10-11-25-21(12-16)22-14-20-23-13-19-17(2)8-6-7-9-18(3)27(29(19)32)28(23)30(4,5)24(20)15-26(22)31-25/h6-11,13-16,31-32H,2-3,12H2,1,4-5H3/b8-6-,9-7-. The molecule has 3 aliphatic rings. The molecule has 0 aliphatic heterocycles. The van der Waals surface area contributed by atoms with Gasteiger partial charge in [-0.25, -0.2) is 0 Å². The Hall–Kier alpha value is -3.52. The summed E-state index contributed by atoms with van der Waals surface area (Å²) in [6, 6.07) is 6.81. The summed E-state index contributed by atoms with van der Waals surface area (Å²) in [6.07, 6.45) is 13.4. The van der Waals surface area contributed by atoms with Gasteiger partial charge >= 0.3 is 0 Å². The van der Waals surface area contributed by atoms with E-state index in [1.165, 1.54) is 38.9 Å². The van der Waals surface area contributed by atoms with E-state index in [1.807, 2.05) is 24.3 Å². The average molecular weight is 418 g/mol. The zero-order valence-corrected chi connectivity index (χ0v) is 18.8. The monoisotopic (exact) mass is 417 g/mol. The van der Waals surface area contributed by atoms with Gasteiger partial charge in [-0.1, -0.05) is 64.3 Å². The van der Waals surface area contributed by atoms with Crippen molar-refractivity contribution < 1.29 is 5.11 Å². The highest BCUT2D eigenvalue weighted by Gasteiger charge is 2.40. The third kappa shape index (κ3) is 2.41. The third-order valence-corrected chi connectivity index (χ3v) is 7.46. The number of phenols is 1. The van der Waals surface area contributed by atoms with Crippen molar-refractivity contribution in [2.75, 3.05) is 0 Å². The topological polar surface area (TPSA) is 36.0 Å². The summed E-state index contributed by atoms with van der Waals surface area (Å²) in [5.74, 6) is 0.818. The second kappa shape index (κ2) is 6.26. The minimum Gasteiger partial charge on any atom is -0.507 e. The van der Waals surface area contributed by atoms with Gasteiger partial charge in [-0.05, 0) is 75.6 Å². The number of phenolic OH excluding ortho intramolecular Hbond substituents is 1. The molecule has 0 amide bonds. The molecule has 1 unspecified atom stereocenters. The lowest BCUT2D eigenvalue weighted by Crippen LogP contribution is -2.17. The van der Waals surface area contributed by atoms with Gasteiger partial charge in [0, 0.05) is 33.1 Å². The van der Waals surface area contributed by atoms with Crippen LogP contribution in [0.5, 0.6) is 5.75 Å². The van der Waals surface area contributed by atoms with Gasteiger partial charge in [0.05, 0.1) is 0 Å². The summed E-state index contributed by atoms with van der Waals surface area (Å²) in [6.45, 7) is 15.3. The molecule has 2 bridgehead atoms. The van der Waals surface area contributed by atoms with Crippen molar-refractivity contribution in [2.24, 2.45) is 5.92 Å². The lowest BCUT2D eigenvalue weighted by molar-refractivity contribution is 0.469. The second-order valence-corrected chi connectivity index (χ2v) is 9.97. The molecule has 32 heavy (non-hydrogen) atoms. The van der Waals surface area contributed by atoms with Crippen molar-refractivity contribution in [1.82, 2.24) is 4.98 Å². The number of aromatic amines is 1. The van der Waals surface area contributed by atoms with Crippen LogP contribution in [0.1, 0.15) is 54.3 Å². The molecular weight excluding hydrogens is 390 g/mol. The van der Waals surface area contributed by atoms with Gasteiger partial charge in [-0.15, -0.1) is 0 Å². The zero-order valence-electron chi connectivity index (χ0n) is 18.8. The molecule has 2 nitrogen and oxygen atoms in total. The zero-order chi connectivity index (χ0) is 22.4. The highest BCUT2D eigenvalue weighted by Crippen LogP contribution is 2.56. The molecule has 3 aromatic rings. The number of rotatable bonds is 0. The minimum absolute atomic E-state index is 0.265. The molecule has 0 saturated heterocycles. The van der Waals surface area contributed by atoms with Crippen molar-refractivity contribution in [2.45, 2.75) is 32.6 Å². The van der Waals surface area contributed by atoms with E-state index in [4.69, 9.17) is 0 Å². The maximum absolute atomic E-state index is 11.3. The van der Waals surface area contributed by atoms with Crippen LogP contribution < -0.4 is 0 Å². The Morgan fingerprint density at radius 1 is 0.969 bits per heavy atom. The quantitative estimate of drug-likeness (QED) is 0.389. The van der Waals surface area contributed by atoms with E-state index < -0.39 is 0 Å². The number of H-pyrrole nitrogens is 1. The predicted octanol–water partition coefficient (Wildman–Crippen LogP) is 7.54. The SMILES string of the molecule is C=C1/C=C\C=C/C(=C)c2c(O)c1cc1c2C(C)(C)c2cc3[nH]c4c(c3cc2-1)CC(C)C=C4. The van der Waals surface area contributed by atoms with Gasteiger partial charge in [0.25, 0.3) is 0 Å². The van der Waals surface area contributed by atoms with Crippen LogP contribution in [0.15, 0.2) is 61.7 Å². The lowest BCUT2D eigenvalue weighted by atomic mass is 9.77. The molecule has 2 aromatic carbocycles. The highest BCUT2D eigenvalue weighted by molar-refractivity contribution is 6.00. The number of allylic oxidation sites excluding steroid dienone is 7. The number of hydrogen-bond donors (Lipinski definition) is 2. The summed E-state index contributed by atoms with van der Waals surface area (Å²) >= 11 is 0. The van der Waals surface area contributed by atoms with E-state index in [2.05, 4.69) is 69.3 Å². The fraction of sp³-hybridized carbons (Fsp3) is 0.200. The Morgan fingerprint density at radius 2 is 1.72 bits per heavy atom. The molecule has 0 spiro atoms. The van der Waals surface area contributed by atoms with Gasteiger partial charge in [-0.2, -0.15) is 0 Å². The predicted molar refractivity (Wildman–Crippen MR) is 136 cm³/mol. The first kappa shape index (κ1) is 19.2. The highest BCUT2D eigenvalue weighted by atomic mass is 16.3. The number of fused-ring (bicyclic) bond motifs is 9. The molecule has 0 saturated carbocycles. The van der Waals surface area contributed by atoms with Gasteiger partial charge in [0.1, 0.15) is 5.75 Å². The molecule has 2 heteroatoms. The molecule has 0 radical (unpaired) electrons. The van der Waals surface area contributed by atoms with Crippen molar-refractivity contribution in [1.29, 1.82) is 0 Å². The number of hydrogen-bond acceptors (Lipinski definition) is 1. The Morgan fingerprint density at radius 3 is 2.50 bits per heavy atom. The van der Waals surface area contributed by atoms with E-state index in [1.54, 1.807) is 0 Å². The first-order chi connectivity index (χ1) is 15.3. The van der Waals surface area contributed by atoms with Crippen LogP contribution in [0.3, 0.4) is 0 Å². The fourth-order valence-electron chi connectivity index (χ4n) is 5.81. The summed E-state index contributed by atoms with van der Waals surface area (Å²) in [7, 11) is 0. The lowest BCUT2D eigenvalue weighted by Gasteiger charge is -2.26. The first-order valence-corrected chi connectivity index (χ1v) is 11.3. The van der Waals surface area contributed by atoms with Crippen LogP contribution >= 0.6 is 0 Å². The molecule has 3 aliphatic carbocycles. The molecule has 1 heterocycles. The normalized spacial score (nSPS) is 22.0. The van der Waals surface area contributed by atoms with Crippen LogP contribution in [0.4, 0.5) is 0 Å². The Kier molecular flexibility index (Phi) is 3.75. The van der Waals surface area contributed by atoms with Crippen molar-refractivity contribution in [3.8, 4) is 16.9 Å². The Balaban J connectivity index is 1.71. The summed E-state index contributed by atoms with van der Waals surface area (Å²) in [4.78, 5) is 3.65. The molecule has 1 atom stereocenters. The number of aromatic hydroxyl groups is 1.